The first-order valence-electron chi connectivity index (χ1n) is 11.4. The Labute approximate surface area is 152 Å². The molecule has 0 bridgehead atoms. The van der Waals surface area contributed by atoms with E-state index in [1.54, 1.807) is 0 Å². The molecule has 2 aliphatic rings. The maximum atomic E-state index is 4.12. The number of piperidine rings is 1. The van der Waals surface area contributed by atoms with Gasteiger partial charge < -0.3 is 5.32 Å². The molecule has 1 N–H and O–H groups in total. The Kier molecular flexibility index (Phi) is 8.61. The Hall–Kier alpha value is -0.0400. The minimum Gasteiger partial charge on any atom is -0.308 e. The Morgan fingerprint density at radius 3 is 2.21 bits per heavy atom. The number of fused-ring (bicyclic) bond motifs is 1. The lowest BCUT2D eigenvalue weighted by Gasteiger charge is -2.52. The SMILES string of the molecule is CCCCCCCCCC1CCC2NC(CC)(CC)CC(C)C2C1. The molecule has 0 amide bonds. The van der Waals surface area contributed by atoms with E-state index in [1.165, 1.54) is 89.9 Å². The van der Waals surface area contributed by atoms with Crippen LogP contribution in [-0.2, 0) is 0 Å². The van der Waals surface area contributed by atoms with Gasteiger partial charge in [-0.3, -0.25) is 0 Å². The Morgan fingerprint density at radius 2 is 1.54 bits per heavy atom. The van der Waals surface area contributed by atoms with E-state index in [-0.39, 0.29) is 0 Å². The summed E-state index contributed by atoms with van der Waals surface area (Å²) in [4.78, 5) is 0. The van der Waals surface area contributed by atoms with Crippen molar-refractivity contribution in [3.8, 4) is 0 Å². The molecule has 1 saturated carbocycles. The van der Waals surface area contributed by atoms with Crippen molar-refractivity contribution in [1.29, 1.82) is 0 Å². The summed E-state index contributed by atoms with van der Waals surface area (Å²) in [5, 5.41) is 4.12. The van der Waals surface area contributed by atoms with Crippen LogP contribution >= 0.6 is 0 Å². The predicted octanol–water partition coefficient (Wildman–Crippen LogP) is 7.10. The third-order valence-corrected chi connectivity index (χ3v) is 7.51. The molecular weight excluding hydrogens is 290 g/mol. The van der Waals surface area contributed by atoms with Gasteiger partial charge in [0.1, 0.15) is 0 Å². The highest BCUT2D eigenvalue weighted by atomic mass is 15.0. The highest BCUT2D eigenvalue weighted by Gasteiger charge is 2.44. The van der Waals surface area contributed by atoms with Crippen LogP contribution in [0.4, 0.5) is 0 Å². The summed E-state index contributed by atoms with van der Waals surface area (Å²) in [7, 11) is 0. The van der Waals surface area contributed by atoms with Gasteiger partial charge >= 0.3 is 0 Å². The van der Waals surface area contributed by atoms with Gasteiger partial charge in [0.25, 0.3) is 0 Å². The molecule has 24 heavy (non-hydrogen) atoms. The molecule has 0 aromatic rings. The number of unbranched alkanes of at least 4 members (excludes halogenated alkanes) is 6. The third-order valence-electron chi connectivity index (χ3n) is 7.51. The Morgan fingerprint density at radius 1 is 0.875 bits per heavy atom. The van der Waals surface area contributed by atoms with E-state index in [0.717, 1.165) is 23.8 Å². The van der Waals surface area contributed by atoms with Crippen molar-refractivity contribution in [3.05, 3.63) is 0 Å². The fourth-order valence-electron chi connectivity index (χ4n) is 5.72. The van der Waals surface area contributed by atoms with E-state index < -0.39 is 0 Å². The van der Waals surface area contributed by atoms with E-state index in [9.17, 15) is 0 Å². The average molecular weight is 336 g/mol. The molecule has 1 nitrogen and oxygen atoms in total. The van der Waals surface area contributed by atoms with Gasteiger partial charge in [0.05, 0.1) is 0 Å². The van der Waals surface area contributed by atoms with E-state index in [4.69, 9.17) is 0 Å². The standard InChI is InChI=1S/C23H45N/c1-5-8-9-10-11-12-13-14-20-15-16-22-21(17-20)19(4)18-23(6-2,7-3)24-22/h19-22,24H,5-18H2,1-4H3. The Bertz CT molecular complexity index is 333. The van der Waals surface area contributed by atoms with Gasteiger partial charge in [0, 0.05) is 11.6 Å². The van der Waals surface area contributed by atoms with Crippen molar-refractivity contribution in [1.82, 2.24) is 5.32 Å². The lowest BCUT2D eigenvalue weighted by molar-refractivity contribution is 0.0404. The van der Waals surface area contributed by atoms with Crippen molar-refractivity contribution in [2.24, 2.45) is 17.8 Å². The number of nitrogens with one attached hydrogen (secondary N) is 1. The average Bonchev–Trinajstić information content (AvgIpc) is 2.61. The molecule has 0 aromatic carbocycles. The van der Waals surface area contributed by atoms with Crippen LogP contribution in [0.5, 0.6) is 0 Å². The van der Waals surface area contributed by atoms with Gasteiger partial charge in [-0.05, 0) is 56.3 Å². The minimum atomic E-state index is 0.450. The van der Waals surface area contributed by atoms with Crippen LogP contribution < -0.4 is 5.32 Å². The number of hydrogen-bond acceptors (Lipinski definition) is 1. The first-order valence-corrected chi connectivity index (χ1v) is 11.4. The van der Waals surface area contributed by atoms with Gasteiger partial charge in [-0.25, -0.2) is 0 Å². The minimum absolute atomic E-state index is 0.450. The monoisotopic (exact) mass is 335 g/mol. The van der Waals surface area contributed by atoms with E-state index in [1.807, 2.05) is 0 Å². The largest absolute Gasteiger partial charge is 0.308 e. The van der Waals surface area contributed by atoms with E-state index in [0.29, 0.717) is 5.54 Å². The lowest BCUT2D eigenvalue weighted by atomic mass is 9.64. The van der Waals surface area contributed by atoms with Gasteiger partial charge in [0.2, 0.25) is 0 Å². The van der Waals surface area contributed by atoms with Crippen LogP contribution in [0.25, 0.3) is 0 Å². The normalized spacial score (nSPS) is 32.5. The van der Waals surface area contributed by atoms with Crippen molar-refractivity contribution in [3.63, 3.8) is 0 Å². The van der Waals surface area contributed by atoms with Crippen LogP contribution in [0.2, 0.25) is 0 Å². The zero-order chi connectivity index (χ0) is 17.4. The van der Waals surface area contributed by atoms with Crippen LogP contribution in [0.1, 0.15) is 118 Å². The molecule has 1 aliphatic carbocycles. The highest BCUT2D eigenvalue weighted by Crippen LogP contribution is 2.44. The summed E-state index contributed by atoms with van der Waals surface area (Å²) >= 11 is 0. The maximum absolute atomic E-state index is 4.12. The summed E-state index contributed by atoms with van der Waals surface area (Å²) in [6.07, 6.45) is 20.2. The van der Waals surface area contributed by atoms with Crippen LogP contribution in [0, 0.1) is 17.8 Å². The van der Waals surface area contributed by atoms with Gasteiger partial charge in [-0.15, -0.1) is 0 Å². The smallest absolute Gasteiger partial charge is 0.0181 e. The summed E-state index contributed by atoms with van der Waals surface area (Å²) in [6, 6.07) is 0.818. The van der Waals surface area contributed by atoms with Crippen molar-refractivity contribution in [2.45, 2.75) is 129 Å². The van der Waals surface area contributed by atoms with Gasteiger partial charge in [0.15, 0.2) is 0 Å². The molecule has 2 rings (SSSR count). The summed E-state index contributed by atoms with van der Waals surface area (Å²) in [5.74, 6) is 2.91. The quantitative estimate of drug-likeness (QED) is 0.420. The second kappa shape index (κ2) is 10.2. The highest BCUT2D eigenvalue weighted by molar-refractivity contribution is 5.01. The molecule has 4 unspecified atom stereocenters. The van der Waals surface area contributed by atoms with Gasteiger partial charge in [-0.1, -0.05) is 79.1 Å². The molecule has 1 aliphatic heterocycles. The zero-order valence-electron chi connectivity index (χ0n) is 17.2. The second-order valence-corrected chi connectivity index (χ2v) is 9.17. The van der Waals surface area contributed by atoms with E-state index >= 15 is 0 Å². The molecule has 1 heterocycles. The molecule has 0 spiro atoms. The Balaban J connectivity index is 1.69. The lowest BCUT2D eigenvalue weighted by Crippen LogP contribution is -2.60. The summed E-state index contributed by atoms with van der Waals surface area (Å²) < 4.78 is 0. The third kappa shape index (κ3) is 5.48. The molecule has 2 fully saturated rings. The zero-order valence-corrected chi connectivity index (χ0v) is 17.2. The fourth-order valence-corrected chi connectivity index (χ4v) is 5.72. The van der Waals surface area contributed by atoms with Crippen LogP contribution in [-0.4, -0.2) is 11.6 Å². The molecule has 142 valence electrons. The molecular formula is C23H45N. The first kappa shape index (κ1) is 20.3. The predicted molar refractivity (Wildman–Crippen MR) is 107 cm³/mol. The molecule has 1 heteroatoms. The number of hydrogen-bond donors (Lipinski definition) is 1. The van der Waals surface area contributed by atoms with Crippen molar-refractivity contribution in [2.75, 3.05) is 0 Å². The topological polar surface area (TPSA) is 12.0 Å². The second-order valence-electron chi connectivity index (χ2n) is 9.17. The maximum Gasteiger partial charge on any atom is 0.0181 e. The molecule has 4 atom stereocenters. The number of rotatable bonds is 10. The summed E-state index contributed by atoms with van der Waals surface area (Å²) in [5.41, 5.74) is 0.450. The molecule has 0 aromatic heterocycles. The van der Waals surface area contributed by atoms with Gasteiger partial charge in [-0.2, -0.15) is 0 Å². The van der Waals surface area contributed by atoms with Crippen molar-refractivity contribution >= 4 is 0 Å². The summed E-state index contributed by atoms with van der Waals surface area (Å²) in [6.45, 7) is 9.63. The molecule has 0 radical (unpaired) electrons. The van der Waals surface area contributed by atoms with Crippen LogP contribution in [0.15, 0.2) is 0 Å². The molecule has 1 saturated heterocycles. The van der Waals surface area contributed by atoms with Crippen molar-refractivity contribution < 1.29 is 0 Å². The first-order chi connectivity index (χ1) is 11.6. The van der Waals surface area contributed by atoms with Crippen LogP contribution in [0.3, 0.4) is 0 Å². The fraction of sp³-hybridized carbons (Fsp3) is 1.00. The van der Waals surface area contributed by atoms with E-state index in [2.05, 4.69) is 33.0 Å².